The van der Waals surface area contributed by atoms with Crippen molar-refractivity contribution in [2.75, 3.05) is 32.8 Å². The molecule has 1 aromatic rings. The van der Waals surface area contributed by atoms with Gasteiger partial charge in [-0.1, -0.05) is 45.0 Å². The molecule has 1 aliphatic carbocycles. The van der Waals surface area contributed by atoms with Crippen LogP contribution in [-0.4, -0.2) is 43.7 Å². The molecule has 4 nitrogen and oxygen atoms in total. The summed E-state index contributed by atoms with van der Waals surface area (Å²) in [6.45, 7) is 12.2. The number of rotatable bonds is 5. The average molecular weight is 427 g/mol. The third-order valence-electron chi connectivity index (χ3n) is 7.96. The maximum atomic E-state index is 12.8. The number of nitrogens with zero attached hydrogens (tertiary/aromatic N) is 1. The Bertz CT molecular complexity index is 740. The summed E-state index contributed by atoms with van der Waals surface area (Å²) < 4.78 is 5.45. The normalized spacial score (nSPS) is 24.7. The van der Waals surface area contributed by atoms with Crippen LogP contribution in [-0.2, 0) is 14.9 Å². The zero-order valence-electron chi connectivity index (χ0n) is 19.9. The number of carbonyl (C=O) groups is 1. The molecule has 4 heteroatoms. The molecule has 2 fully saturated rings. The van der Waals surface area contributed by atoms with E-state index in [1.807, 2.05) is 0 Å². The van der Waals surface area contributed by atoms with E-state index in [4.69, 9.17) is 4.74 Å². The summed E-state index contributed by atoms with van der Waals surface area (Å²) in [4.78, 5) is 15.5. The van der Waals surface area contributed by atoms with Crippen molar-refractivity contribution in [2.24, 2.45) is 11.3 Å². The van der Waals surface area contributed by atoms with Gasteiger partial charge in [-0.15, -0.1) is 0 Å². The van der Waals surface area contributed by atoms with Crippen molar-refractivity contribution in [3.8, 4) is 0 Å². The van der Waals surface area contributed by atoms with Gasteiger partial charge < -0.3 is 15.0 Å². The van der Waals surface area contributed by atoms with Crippen molar-refractivity contribution < 1.29 is 9.53 Å². The number of carbonyl (C=O) groups excluding carboxylic acids is 1. The van der Waals surface area contributed by atoms with Gasteiger partial charge in [0.1, 0.15) is 0 Å². The van der Waals surface area contributed by atoms with E-state index in [0.29, 0.717) is 23.2 Å². The fourth-order valence-corrected chi connectivity index (χ4v) is 5.83. The second kappa shape index (κ2) is 9.62. The Hall–Kier alpha value is -1.39. The predicted octanol–water partition coefficient (Wildman–Crippen LogP) is 5.22. The van der Waals surface area contributed by atoms with Gasteiger partial charge in [0.05, 0.1) is 6.04 Å². The first kappa shape index (κ1) is 22.8. The van der Waals surface area contributed by atoms with Gasteiger partial charge in [-0.05, 0) is 92.5 Å². The van der Waals surface area contributed by atoms with Gasteiger partial charge in [-0.3, -0.25) is 4.79 Å². The monoisotopic (exact) mass is 426 g/mol. The summed E-state index contributed by atoms with van der Waals surface area (Å²) in [5.74, 6) is 0.705. The Morgan fingerprint density at radius 2 is 1.81 bits per heavy atom. The maximum Gasteiger partial charge on any atom is 0.220 e. The molecule has 2 aliphatic heterocycles. The van der Waals surface area contributed by atoms with Gasteiger partial charge in [0.15, 0.2) is 0 Å². The summed E-state index contributed by atoms with van der Waals surface area (Å²) in [5, 5.41) is 3.40. The zero-order valence-corrected chi connectivity index (χ0v) is 19.9. The minimum absolute atomic E-state index is 0.174. The summed E-state index contributed by atoms with van der Waals surface area (Å²) >= 11 is 0. The minimum Gasteiger partial charge on any atom is -0.381 e. The molecule has 3 aliphatic rings. The average Bonchev–Trinajstić information content (AvgIpc) is 2.76. The lowest BCUT2D eigenvalue weighted by atomic mass is 9.63. The van der Waals surface area contributed by atoms with Crippen LogP contribution in [0.4, 0.5) is 0 Å². The maximum absolute atomic E-state index is 12.8. The zero-order chi connectivity index (χ0) is 21.9. The standard InChI is InChI=1S/C27H42N2O2/c1-26(2,3)12-15-29-16-13-27(14-17-29)11-8-24(22-6-4-5-7-23(22)27)28-25(30)20-21-9-18-31-19-10-21/h4-7,21,24H,8-20H2,1-3H3,(H,28,30)/t24-/m1/s1. The third kappa shape index (κ3) is 5.70. The van der Waals surface area contributed by atoms with Gasteiger partial charge >= 0.3 is 0 Å². The van der Waals surface area contributed by atoms with Crippen molar-refractivity contribution in [2.45, 2.75) is 83.6 Å². The van der Waals surface area contributed by atoms with Crippen LogP contribution in [0.1, 0.15) is 89.3 Å². The van der Waals surface area contributed by atoms with Gasteiger partial charge in [0, 0.05) is 19.6 Å². The third-order valence-corrected chi connectivity index (χ3v) is 7.96. The summed E-state index contributed by atoms with van der Waals surface area (Å²) in [7, 11) is 0. The largest absolute Gasteiger partial charge is 0.381 e. The molecule has 1 N–H and O–H groups in total. The van der Waals surface area contributed by atoms with Crippen LogP contribution < -0.4 is 5.32 Å². The molecule has 0 saturated carbocycles. The number of ether oxygens (including phenoxy) is 1. The number of likely N-dealkylation sites (tertiary alicyclic amines) is 1. The number of hydrogen-bond acceptors (Lipinski definition) is 3. The molecule has 0 radical (unpaired) electrons. The van der Waals surface area contributed by atoms with Crippen LogP contribution in [0, 0.1) is 11.3 Å². The SMILES string of the molecule is CC(C)(C)CCN1CCC2(CC[C@@H](NC(=O)CC3CCOCC3)c3ccccc32)CC1. The van der Waals surface area contributed by atoms with Gasteiger partial charge in [-0.2, -0.15) is 0 Å². The van der Waals surface area contributed by atoms with Crippen LogP contribution in [0.25, 0.3) is 0 Å². The number of fused-ring (bicyclic) bond motifs is 2. The Morgan fingerprint density at radius 1 is 1.10 bits per heavy atom. The second-order valence-corrected chi connectivity index (χ2v) is 11.4. The molecule has 1 aromatic carbocycles. The van der Waals surface area contributed by atoms with Crippen LogP contribution >= 0.6 is 0 Å². The van der Waals surface area contributed by atoms with E-state index in [9.17, 15) is 4.79 Å². The Morgan fingerprint density at radius 3 is 2.52 bits per heavy atom. The number of piperidine rings is 1. The highest BCUT2D eigenvalue weighted by molar-refractivity contribution is 5.77. The highest BCUT2D eigenvalue weighted by Gasteiger charge is 2.42. The highest BCUT2D eigenvalue weighted by atomic mass is 16.5. The van der Waals surface area contributed by atoms with Crippen molar-refractivity contribution in [3.05, 3.63) is 35.4 Å². The lowest BCUT2D eigenvalue weighted by Gasteiger charge is -2.47. The molecule has 0 aromatic heterocycles. The number of amides is 1. The lowest BCUT2D eigenvalue weighted by molar-refractivity contribution is -0.123. The van der Waals surface area contributed by atoms with Crippen LogP contribution in [0.3, 0.4) is 0 Å². The molecular weight excluding hydrogens is 384 g/mol. The van der Waals surface area contributed by atoms with Gasteiger partial charge in [-0.25, -0.2) is 0 Å². The molecule has 2 saturated heterocycles. The van der Waals surface area contributed by atoms with Crippen molar-refractivity contribution >= 4 is 5.91 Å². The molecule has 2 heterocycles. The molecule has 1 spiro atoms. The molecule has 172 valence electrons. The van der Waals surface area contributed by atoms with Crippen LogP contribution in [0.5, 0.6) is 0 Å². The number of benzene rings is 1. The number of hydrogen-bond donors (Lipinski definition) is 1. The fourth-order valence-electron chi connectivity index (χ4n) is 5.83. The Kier molecular flexibility index (Phi) is 7.07. The van der Waals surface area contributed by atoms with E-state index in [1.54, 1.807) is 0 Å². The predicted molar refractivity (Wildman–Crippen MR) is 126 cm³/mol. The first-order valence-electron chi connectivity index (χ1n) is 12.5. The van der Waals surface area contributed by atoms with Gasteiger partial charge in [0.2, 0.25) is 5.91 Å². The van der Waals surface area contributed by atoms with Crippen molar-refractivity contribution in [1.82, 2.24) is 10.2 Å². The first-order chi connectivity index (χ1) is 14.8. The summed E-state index contributed by atoms with van der Waals surface area (Å²) in [6, 6.07) is 9.12. The lowest BCUT2D eigenvalue weighted by Crippen LogP contribution is -2.46. The van der Waals surface area contributed by atoms with Crippen LogP contribution in [0.2, 0.25) is 0 Å². The smallest absolute Gasteiger partial charge is 0.220 e. The molecule has 1 atom stereocenters. The molecule has 4 rings (SSSR count). The fraction of sp³-hybridized carbons (Fsp3) is 0.741. The first-order valence-corrected chi connectivity index (χ1v) is 12.5. The van der Waals surface area contributed by atoms with E-state index in [1.165, 1.54) is 56.4 Å². The number of nitrogens with one attached hydrogen (secondary N) is 1. The quantitative estimate of drug-likeness (QED) is 0.701. The van der Waals surface area contributed by atoms with E-state index in [-0.39, 0.29) is 11.9 Å². The second-order valence-electron chi connectivity index (χ2n) is 11.4. The Labute approximate surface area is 189 Å². The highest BCUT2D eigenvalue weighted by Crippen LogP contribution is 2.48. The molecule has 0 unspecified atom stereocenters. The summed E-state index contributed by atoms with van der Waals surface area (Å²) in [6.07, 6.45) is 8.70. The van der Waals surface area contributed by atoms with E-state index in [2.05, 4.69) is 55.3 Å². The van der Waals surface area contributed by atoms with Crippen LogP contribution in [0.15, 0.2) is 24.3 Å². The molecule has 1 amide bonds. The van der Waals surface area contributed by atoms with E-state index >= 15 is 0 Å². The Balaban J connectivity index is 1.39. The molecule has 31 heavy (non-hydrogen) atoms. The topological polar surface area (TPSA) is 41.6 Å². The minimum atomic E-state index is 0.174. The van der Waals surface area contributed by atoms with Crippen molar-refractivity contribution in [1.29, 1.82) is 0 Å². The molecular formula is C27H42N2O2. The molecule has 0 bridgehead atoms. The van der Waals surface area contributed by atoms with Gasteiger partial charge in [0.25, 0.3) is 0 Å². The van der Waals surface area contributed by atoms with E-state index in [0.717, 1.165) is 32.5 Å². The summed E-state index contributed by atoms with van der Waals surface area (Å²) in [5.41, 5.74) is 3.59. The van der Waals surface area contributed by atoms with E-state index < -0.39 is 0 Å². The van der Waals surface area contributed by atoms with Crippen molar-refractivity contribution in [3.63, 3.8) is 0 Å².